The summed E-state index contributed by atoms with van der Waals surface area (Å²) in [6.45, 7) is 0. The van der Waals surface area contributed by atoms with E-state index in [1.165, 1.54) is 18.2 Å². The number of para-hydroxylation sites is 4. The molecule has 0 saturated heterocycles. The number of nitro benzene ring substituents is 1. The summed E-state index contributed by atoms with van der Waals surface area (Å²) in [7, 11) is -2.32. The summed E-state index contributed by atoms with van der Waals surface area (Å²) in [5.74, 6) is 0.279. The molecule has 11 heteroatoms. The molecule has 164 valence electrons. The van der Waals surface area contributed by atoms with Crippen molar-refractivity contribution in [2.45, 2.75) is 4.90 Å². The predicted molar refractivity (Wildman–Crippen MR) is 121 cm³/mol. The molecular formula is C22H17N6O4S+. The second kappa shape index (κ2) is 7.64. The van der Waals surface area contributed by atoms with Crippen LogP contribution in [-0.2, 0) is 17.1 Å². The highest BCUT2D eigenvalue weighted by Crippen LogP contribution is 2.27. The van der Waals surface area contributed by atoms with Crippen molar-refractivity contribution in [3.63, 3.8) is 0 Å². The Kier molecular flexibility index (Phi) is 4.75. The number of nitrogens with one attached hydrogen (secondary N) is 1. The molecule has 0 aliphatic carbocycles. The third-order valence-electron chi connectivity index (χ3n) is 5.16. The Morgan fingerprint density at radius 1 is 0.970 bits per heavy atom. The summed E-state index contributed by atoms with van der Waals surface area (Å²) in [4.78, 5) is 19.4. The Balaban J connectivity index is 1.71. The molecule has 0 amide bonds. The third kappa shape index (κ3) is 3.64. The number of hydrogen-bond acceptors (Lipinski definition) is 6. The molecule has 0 aliphatic rings. The first-order chi connectivity index (χ1) is 15.8. The molecule has 5 aromatic rings. The maximum Gasteiger partial charge on any atom is 0.270 e. The largest absolute Gasteiger partial charge is 0.270 e. The Hall–Kier alpha value is -4.38. The quantitative estimate of drug-likeness (QED) is 0.244. The molecule has 0 spiro atoms. The second-order valence-electron chi connectivity index (χ2n) is 7.33. The average molecular weight is 461 g/mol. The highest BCUT2D eigenvalue weighted by Gasteiger charge is 2.26. The van der Waals surface area contributed by atoms with Gasteiger partial charge in [-0.05, 0) is 30.3 Å². The van der Waals surface area contributed by atoms with E-state index in [0.717, 1.165) is 17.1 Å². The Bertz CT molecular complexity index is 1660. The van der Waals surface area contributed by atoms with Crippen molar-refractivity contribution in [3.8, 4) is 5.82 Å². The van der Waals surface area contributed by atoms with Crippen LogP contribution in [0.25, 0.3) is 27.9 Å². The number of anilines is 1. The van der Waals surface area contributed by atoms with Crippen molar-refractivity contribution in [3.05, 3.63) is 89.2 Å². The third-order valence-corrected chi connectivity index (χ3v) is 6.50. The number of non-ortho nitro benzene ring substituents is 1. The van der Waals surface area contributed by atoms with Gasteiger partial charge in [-0.15, -0.1) is 0 Å². The number of nitrogens with zero attached hydrogens (tertiary/aromatic N) is 5. The van der Waals surface area contributed by atoms with Gasteiger partial charge in [-0.2, -0.15) is 4.57 Å². The number of rotatable bonds is 5. The zero-order chi connectivity index (χ0) is 23.2. The van der Waals surface area contributed by atoms with Gasteiger partial charge in [0.1, 0.15) is 0 Å². The molecule has 1 N–H and O–H groups in total. The Morgan fingerprint density at radius 2 is 1.67 bits per heavy atom. The van der Waals surface area contributed by atoms with Crippen molar-refractivity contribution in [1.82, 2.24) is 14.5 Å². The van der Waals surface area contributed by atoms with E-state index in [1.807, 2.05) is 41.9 Å². The number of aryl methyl sites for hydroxylation is 1. The maximum absolute atomic E-state index is 13.1. The summed E-state index contributed by atoms with van der Waals surface area (Å²) in [5, 5.41) is 11.1. The summed E-state index contributed by atoms with van der Waals surface area (Å²) >= 11 is 0. The van der Waals surface area contributed by atoms with Gasteiger partial charge >= 0.3 is 0 Å². The molecule has 0 fully saturated rings. The summed E-state index contributed by atoms with van der Waals surface area (Å²) in [6, 6.07) is 19.6. The smallest absolute Gasteiger partial charge is 0.258 e. The van der Waals surface area contributed by atoms with Gasteiger partial charge in [0.15, 0.2) is 11.0 Å². The zero-order valence-corrected chi connectivity index (χ0v) is 18.1. The molecule has 2 aromatic heterocycles. The molecule has 0 aliphatic heterocycles. The van der Waals surface area contributed by atoms with Crippen LogP contribution in [0.2, 0.25) is 0 Å². The summed E-state index contributed by atoms with van der Waals surface area (Å²) in [6.07, 6.45) is 1.79. The summed E-state index contributed by atoms with van der Waals surface area (Å²) in [5.41, 5.74) is 2.48. The van der Waals surface area contributed by atoms with Gasteiger partial charge in [-0.25, -0.2) is 23.0 Å². The number of sulfonamides is 1. The minimum absolute atomic E-state index is 0.00144. The van der Waals surface area contributed by atoms with Crippen LogP contribution in [0.5, 0.6) is 0 Å². The molecule has 10 nitrogen and oxygen atoms in total. The van der Waals surface area contributed by atoms with Crippen molar-refractivity contribution in [1.29, 1.82) is 0 Å². The van der Waals surface area contributed by atoms with Gasteiger partial charge in [0.05, 0.1) is 27.9 Å². The molecule has 0 atom stereocenters. The molecule has 2 heterocycles. The van der Waals surface area contributed by atoms with Gasteiger partial charge in [0.25, 0.3) is 27.9 Å². The monoisotopic (exact) mass is 461 g/mol. The zero-order valence-electron chi connectivity index (χ0n) is 17.3. The lowest BCUT2D eigenvalue weighted by molar-refractivity contribution is -0.645. The van der Waals surface area contributed by atoms with Gasteiger partial charge < -0.3 is 0 Å². The van der Waals surface area contributed by atoms with Crippen LogP contribution in [-0.4, -0.2) is 27.9 Å². The lowest BCUT2D eigenvalue weighted by Crippen LogP contribution is -2.25. The van der Waals surface area contributed by atoms with E-state index < -0.39 is 14.9 Å². The molecule has 5 rings (SSSR count). The first-order valence-corrected chi connectivity index (χ1v) is 11.3. The first-order valence-electron chi connectivity index (χ1n) is 9.84. The topological polar surface area (TPSA) is 124 Å². The van der Waals surface area contributed by atoms with Gasteiger partial charge in [0, 0.05) is 12.1 Å². The molecule has 0 radical (unpaired) electrons. The van der Waals surface area contributed by atoms with Crippen molar-refractivity contribution < 1.29 is 17.9 Å². The number of aromatic nitrogens is 4. The molecule has 0 bridgehead atoms. The SMILES string of the molecule is C[n+]1cn(-c2nc3ccccc3nc2NS(=O)(=O)c2cccc([N+](=O)[O-])c2)c2ccccc21. The fourth-order valence-electron chi connectivity index (χ4n) is 3.61. The van der Waals surface area contributed by atoms with E-state index in [9.17, 15) is 18.5 Å². The normalized spacial score (nSPS) is 11.7. The predicted octanol–water partition coefficient (Wildman–Crippen LogP) is 3.11. The van der Waals surface area contributed by atoms with Crippen LogP contribution < -0.4 is 9.29 Å². The van der Waals surface area contributed by atoms with Crippen LogP contribution >= 0.6 is 0 Å². The molecular weight excluding hydrogens is 444 g/mol. The van der Waals surface area contributed by atoms with Crippen molar-refractivity contribution in [2.75, 3.05) is 4.72 Å². The fraction of sp³-hybridized carbons (Fsp3) is 0.0455. The maximum atomic E-state index is 13.1. The molecule has 0 unspecified atom stereocenters. The average Bonchev–Trinajstić information content (AvgIpc) is 3.15. The molecule has 3 aromatic carbocycles. The molecule has 33 heavy (non-hydrogen) atoms. The van der Waals surface area contributed by atoms with Crippen LogP contribution in [0.3, 0.4) is 0 Å². The highest BCUT2D eigenvalue weighted by atomic mass is 32.2. The van der Waals surface area contributed by atoms with Crippen LogP contribution in [0, 0.1) is 10.1 Å². The lowest BCUT2D eigenvalue weighted by atomic mass is 10.3. The Morgan fingerprint density at radius 3 is 2.42 bits per heavy atom. The standard InChI is InChI=1S/C22H17N6O4S/c1-26-14-27(20-12-5-4-11-19(20)26)22-21(23-17-9-2-3-10-18(17)24-22)25-33(31,32)16-8-6-7-15(13-16)28(29)30/h2-14H,1H3,(H,23,25)/q+1. The molecule has 0 saturated carbocycles. The van der Waals surface area contributed by atoms with E-state index >= 15 is 0 Å². The summed E-state index contributed by atoms with van der Waals surface area (Å²) < 4.78 is 32.4. The Labute approximate surface area is 188 Å². The number of benzene rings is 3. The van der Waals surface area contributed by atoms with Crippen molar-refractivity contribution >= 4 is 43.6 Å². The fourth-order valence-corrected chi connectivity index (χ4v) is 4.65. The van der Waals surface area contributed by atoms with E-state index in [4.69, 9.17) is 0 Å². The van der Waals surface area contributed by atoms with E-state index in [1.54, 1.807) is 29.1 Å². The van der Waals surface area contributed by atoms with Crippen LogP contribution in [0.15, 0.2) is 84.0 Å². The number of hydrogen-bond donors (Lipinski definition) is 1. The number of fused-ring (bicyclic) bond motifs is 2. The van der Waals surface area contributed by atoms with E-state index in [2.05, 4.69) is 14.7 Å². The second-order valence-corrected chi connectivity index (χ2v) is 9.01. The van der Waals surface area contributed by atoms with E-state index in [0.29, 0.717) is 11.0 Å². The highest BCUT2D eigenvalue weighted by molar-refractivity contribution is 7.92. The van der Waals surface area contributed by atoms with Crippen molar-refractivity contribution in [2.24, 2.45) is 7.05 Å². The van der Waals surface area contributed by atoms with E-state index in [-0.39, 0.29) is 22.2 Å². The number of imidazole rings is 1. The van der Waals surface area contributed by atoms with Gasteiger partial charge in [-0.3, -0.25) is 14.8 Å². The van der Waals surface area contributed by atoms with Crippen LogP contribution in [0.1, 0.15) is 0 Å². The minimum Gasteiger partial charge on any atom is -0.258 e. The van der Waals surface area contributed by atoms with Gasteiger partial charge in [-0.1, -0.05) is 30.3 Å². The van der Waals surface area contributed by atoms with Gasteiger partial charge in [0.2, 0.25) is 5.82 Å². The van der Waals surface area contributed by atoms with Crippen LogP contribution in [0.4, 0.5) is 11.5 Å². The number of nitro groups is 1. The minimum atomic E-state index is -4.19. The lowest BCUT2D eigenvalue weighted by Gasteiger charge is -2.10. The first kappa shape index (κ1) is 20.5.